The normalized spacial score (nSPS) is 18.9. The predicted octanol–water partition coefficient (Wildman–Crippen LogP) is 3.04. The first-order chi connectivity index (χ1) is 9.33. The zero-order valence-electron chi connectivity index (χ0n) is 11.7. The van der Waals surface area contributed by atoms with Gasteiger partial charge in [0, 0.05) is 12.7 Å². The average molecular weight is 266 g/mol. The first-order valence-electron chi connectivity index (χ1n) is 6.88. The molecular formula is C15H22O4. The Morgan fingerprint density at radius 1 is 1.21 bits per heavy atom. The smallest absolute Gasteiger partial charge is 0.164 e. The molecule has 1 saturated heterocycles. The molecule has 1 aliphatic heterocycles. The van der Waals surface area contributed by atoms with Crippen LogP contribution in [0.1, 0.15) is 26.2 Å². The molecule has 0 saturated carbocycles. The van der Waals surface area contributed by atoms with Gasteiger partial charge in [0.15, 0.2) is 11.5 Å². The molecule has 2 rings (SSSR count). The fraction of sp³-hybridized carbons (Fsp3) is 0.600. The van der Waals surface area contributed by atoms with Gasteiger partial charge in [-0.25, -0.2) is 0 Å². The number of rotatable bonds is 6. The number of benzene rings is 1. The van der Waals surface area contributed by atoms with E-state index in [1.54, 1.807) is 7.11 Å². The van der Waals surface area contributed by atoms with Crippen LogP contribution in [0.5, 0.6) is 17.2 Å². The lowest BCUT2D eigenvalue weighted by molar-refractivity contribution is -0.0115. The molecule has 4 heteroatoms. The van der Waals surface area contributed by atoms with Gasteiger partial charge in [0.1, 0.15) is 12.4 Å². The van der Waals surface area contributed by atoms with Crippen molar-refractivity contribution in [2.24, 2.45) is 0 Å². The molecule has 1 aromatic rings. The van der Waals surface area contributed by atoms with Crippen LogP contribution >= 0.6 is 0 Å². The molecular weight excluding hydrogens is 244 g/mol. The van der Waals surface area contributed by atoms with Gasteiger partial charge in [0.05, 0.1) is 19.8 Å². The molecule has 1 unspecified atom stereocenters. The van der Waals surface area contributed by atoms with Crippen LogP contribution in [0.4, 0.5) is 0 Å². The Balaban J connectivity index is 1.99. The van der Waals surface area contributed by atoms with Crippen LogP contribution in [-0.2, 0) is 4.74 Å². The van der Waals surface area contributed by atoms with Crippen LogP contribution in [0, 0.1) is 0 Å². The standard InChI is InChI=1S/C15H22O4/c1-3-17-14-8-7-12(16-2)10-15(14)19-11-13-6-4-5-9-18-13/h7-8,10,13H,3-6,9,11H2,1-2H3. The van der Waals surface area contributed by atoms with Crippen molar-refractivity contribution in [2.75, 3.05) is 26.9 Å². The highest BCUT2D eigenvalue weighted by molar-refractivity contribution is 5.45. The first-order valence-corrected chi connectivity index (χ1v) is 6.88. The van der Waals surface area contributed by atoms with Crippen LogP contribution in [0.2, 0.25) is 0 Å². The largest absolute Gasteiger partial charge is 0.497 e. The van der Waals surface area contributed by atoms with Gasteiger partial charge in [-0.1, -0.05) is 0 Å². The summed E-state index contributed by atoms with van der Waals surface area (Å²) in [5.41, 5.74) is 0. The van der Waals surface area contributed by atoms with Crippen LogP contribution in [-0.4, -0.2) is 33.0 Å². The zero-order valence-corrected chi connectivity index (χ0v) is 11.7. The maximum absolute atomic E-state index is 5.84. The molecule has 19 heavy (non-hydrogen) atoms. The summed E-state index contributed by atoms with van der Waals surface area (Å²) in [6, 6.07) is 5.60. The summed E-state index contributed by atoms with van der Waals surface area (Å²) in [4.78, 5) is 0. The van der Waals surface area contributed by atoms with Gasteiger partial charge >= 0.3 is 0 Å². The van der Waals surface area contributed by atoms with E-state index in [2.05, 4.69) is 0 Å². The van der Waals surface area contributed by atoms with Crippen molar-refractivity contribution < 1.29 is 18.9 Å². The predicted molar refractivity (Wildman–Crippen MR) is 73.2 cm³/mol. The molecule has 0 N–H and O–H groups in total. The second-order valence-corrected chi connectivity index (χ2v) is 4.55. The Kier molecular flexibility index (Phi) is 5.33. The third-order valence-corrected chi connectivity index (χ3v) is 3.15. The van der Waals surface area contributed by atoms with Gasteiger partial charge < -0.3 is 18.9 Å². The minimum absolute atomic E-state index is 0.189. The summed E-state index contributed by atoms with van der Waals surface area (Å²) < 4.78 is 22.3. The number of hydrogen-bond donors (Lipinski definition) is 0. The Bertz CT molecular complexity index is 386. The lowest BCUT2D eigenvalue weighted by Crippen LogP contribution is -2.25. The molecule has 0 radical (unpaired) electrons. The Morgan fingerprint density at radius 2 is 2.11 bits per heavy atom. The summed E-state index contributed by atoms with van der Waals surface area (Å²) in [6.45, 7) is 3.97. The highest BCUT2D eigenvalue weighted by atomic mass is 16.5. The minimum Gasteiger partial charge on any atom is -0.497 e. The van der Waals surface area contributed by atoms with E-state index in [1.807, 2.05) is 25.1 Å². The van der Waals surface area contributed by atoms with Crippen molar-refractivity contribution in [1.29, 1.82) is 0 Å². The molecule has 1 atom stereocenters. The molecule has 1 aromatic carbocycles. The molecule has 106 valence electrons. The average Bonchev–Trinajstić information content (AvgIpc) is 2.47. The zero-order chi connectivity index (χ0) is 13.5. The van der Waals surface area contributed by atoms with Crippen molar-refractivity contribution in [3.63, 3.8) is 0 Å². The van der Waals surface area contributed by atoms with Gasteiger partial charge in [-0.05, 0) is 38.3 Å². The topological polar surface area (TPSA) is 36.9 Å². The molecule has 0 bridgehead atoms. The molecule has 0 amide bonds. The highest BCUT2D eigenvalue weighted by Crippen LogP contribution is 2.32. The SMILES string of the molecule is CCOc1ccc(OC)cc1OCC1CCCCO1. The fourth-order valence-corrected chi connectivity index (χ4v) is 2.12. The third-order valence-electron chi connectivity index (χ3n) is 3.15. The van der Waals surface area contributed by atoms with Crippen molar-refractivity contribution in [2.45, 2.75) is 32.3 Å². The van der Waals surface area contributed by atoms with Gasteiger partial charge in [-0.3, -0.25) is 0 Å². The Morgan fingerprint density at radius 3 is 2.79 bits per heavy atom. The first kappa shape index (κ1) is 14.0. The van der Waals surface area contributed by atoms with Crippen LogP contribution in [0.3, 0.4) is 0 Å². The van der Waals surface area contributed by atoms with Gasteiger partial charge in [-0.15, -0.1) is 0 Å². The second kappa shape index (κ2) is 7.24. The van der Waals surface area contributed by atoms with Crippen molar-refractivity contribution in [3.8, 4) is 17.2 Å². The lowest BCUT2D eigenvalue weighted by Gasteiger charge is -2.23. The number of hydrogen-bond acceptors (Lipinski definition) is 4. The van der Waals surface area contributed by atoms with Crippen molar-refractivity contribution in [1.82, 2.24) is 0 Å². The summed E-state index contributed by atoms with van der Waals surface area (Å²) >= 11 is 0. The van der Waals surface area contributed by atoms with Crippen LogP contribution < -0.4 is 14.2 Å². The Labute approximate surface area is 114 Å². The number of ether oxygens (including phenoxy) is 4. The van der Waals surface area contributed by atoms with E-state index in [0.717, 1.165) is 36.7 Å². The second-order valence-electron chi connectivity index (χ2n) is 4.55. The summed E-state index contributed by atoms with van der Waals surface area (Å²) in [5, 5.41) is 0. The molecule has 1 fully saturated rings. The quantitative estimate of drug-likeness (QED) is 0.793. The molecule has 0 spiro atoms. The minimum atomic E-state index is 0.189. The van der Waals surface area contributed by atoms with Gasteiger partial charge in [0.2, 0.25) is 0 Å². The van der Waals surface area contributed by atoms with E-state index in [9.17, 15) is 0 Å². The molecule has 1 heterocycles. The summed E-state index contributed by atoms with van der Waals surface area (Å²) in [5.74, 6) is 2.23. The third kappa shape index (κ3) is 4.03. The fourth-order valence-electron chi connectivity index (χ4n) is 2.12. The van der Waals surface area contributed by atoms with E-state index in [1.165, 1.54) is 6.42 Å². The molecule has 0 aromatic heterocycles. The van der Waals surface area contributed by atoms with Crippen LogP contribution in [0.15, 0.2) is 18.2 Å². The Hall–Kier alpha value is -1.42. The van der Waals surface area contributed by atoms with Crippen molar-refractivity contribution >= 4 is 0 Å². The van der Waals surface area contributed by atoms with E-state index in [0.29, 0.717) is 13.2 Å². The van der Waals surface area contributed by atoms with Crippen LogP contribution in [0.25, 0.3) is 0 Å². The molecule has 0 aliphatic carbocycles. The van der Waals surface area contributed by atoms with Gasteiger partial charge in [0.25, 0.3) is 0 Å². The summed E-state index contributed by atoms with van der Waals surface area (Å²) in [6.07, 6.45) is 3.62. The molecule has 1 aliphatic rings. The van der Waals surface area contributed by atoms with E-state index in [4.69, 9.17) is 18.9 Å². The number of methoxy groups -OCH3 is 1. The van der Waals surface area contributed by atoms with Gasteiger partial charge in [-0.2, -0.15) is 0 Å². The van der Waals surface area contributed by atoms with E-state index in [-0.39, 0.29) is 6.10 Å². The maximum atomic E-state index is 5.84. The lowest BCUT2D eigenvalue weighted by atomic mass is 10.1. The van der Waals surface area contributed by atoms with E-state index >= 15 is 0 Å². The van der Waals surface area contributed by atoms with E-state index < -0.39 is 0 Å². The molecule has 4 nitrogen and oxygen atoms in total. The monoisotopic (exact) mass is 266 g/mol. The highest BCUT2D eigenvalue weighted by Gasteiger charge is 2.16. The van der Waals surface area contributed by atoms with Crippen molar-refractivity contribution in [3.05, 3.63) is 18.2 Å². The summed E-state index contributed by atoms with van der Waals surface area (Å²) in [7, 11) is 1.64. The maximum Gasteiger partial charge on any atom is 0.164 e.